The van der Waals surface area contributed by atoms with Crippen molar-refractivity contribution in [1.29, 1.82) is 0 Å². The van der Waals surface area contributed by atoms with Crippen LogP contribution in [-0.4, -0.2) is 11.8 Å². The van der Waals surface area contributed by atoms with Gasteiger partial charge < -0.3 is 4.42 Å². The van der Waals surface area contributed by atoms with E-state index in [0.29, 0.717) is 23.0 Å². The van der Waals surface area contributed by atoms with Crippen LogP contribution in [0.2, 0.25) is 0 Å². The number of carbonyl (C=O) groups excluding carboxylic acids is 2. The Morgan fingerprint density at radius 2 is 2.00 bits per heavy atom. The summed E-state index contributed by atoms with van der Waals surface area (Å²) in [5.41, 5.74) is 1.13. The Bertz CT molecular complexity index is 670. The number of amides is 2. The zero-order valence-corrected chi connectivity index (χ0v) is 12.9. The monoisotopic (exact) mass is 303 g/mol. The summed E-state index contributed by atoms with van der Waals surface area (Å²) in [7, 11) is 0. The molecule has 0 radical (unpaired) electrons. The number of aryl methyl sites for hydroxylation is 1. The molecule has 0 atom stereocenters. The average Bonchev–Trinajstić information content (AvgIpc) is 3.17. The minimum absolute atomic E-state index is 0.0378. The predicted molar refractivity (Wildman–Crippen MR) is 80.7 cm³/mol. The molecular formula is C17H21NO4. The lowest BCUT2D eigenvalue weighted by Gasteiger charge is -2.18. The molecule has 22 heavy (non-hydrogen) atoms. The second-order valence-electron chi connectivity index (χ2n) is 6.55. The molecule has 5 nitrogen and oxygen atoms in total. The lowest BCUT2D eigenvalue weighted by molar-refractivity contribution is -0.120. The van der Waals surface area contributed by atoms with Gasteiger partial charge in [-0.1, -0.05) is 13.3 Å². The molecule has 1 aliphatic heterocycles. The smallest absolute Gasteiger partial charge is 0.336 e. The standard InChI is InChI=1S/C17H21NO4/c1-2-5-17(7-8-17)6-3-4-11-9-14(20)22-12-10-13(19)18-16(21)15(11)12/h9H,2-8,10H2,1H3,(H,18,19,21). The minimum atomic E-state index is -0.481. The summed E-state index contributed by atoms with van der Waals surface area (Å²) in [5, 5.41) is 2.29. The van der Waals surface area contributed by atoms with Gasteiger partial charge in [0, 0.05) is 6.07 Å². The fourth-order valence-corrected chi connectivity index (χ4v) is 3.55. The van der Waals surface area contributed by atoms with Crippen molar-refractivity contribution in [2.75, 3.05) is 0 Å². The second kappa shape index (κ2) is 5.71. The van der Waals surface area contributed by atoms with E-state index in [2.05, 4.69) is 12.2 Å². The normalized spacial score (nSPS) is 18.8. The van der Waals surface area contributed by atoms with Crippen molar-refractivity contribution in [2.45, 2.75) is 58.3 Å². The molecule has 0 spiro atoms. The number of rotatable bonds is 6. The van der Waals surface area contributed by atoms with Crippen molar-refractivity contribution in [1.82, 2.24) is 5.32 Å². The van der Waals surface area contributed by atoms with Gasteiger partial charge in [-0.05, 0) is 49.5 Å². The van der Waals surface area contributed by atoms with Crippen LogP contribution in [0.3, 0.4) is 0 Å². The Morgan fingerprint density at radius 3 is 2.68 bits per heavy atom. The first kappa shape index (κ1) is 15.0. The van der Waals surface area contributed by atoms with Crippen molar-refractivity contribution in [2.24, 2.45) is 5.41 Å². The average molecular weight is 303 g/mol. The second-order valence-corrected chi connectivity index (χ2v) is 6.55. The van der Waals surface area contributed by atoms with Crippen LogP contribution in [-0.2, 0) is 17.6 Å². The first-order chi connectivity index (χ1) is 10.5. The lowest BCUT2D eigenvalue weighted by atomic mass is 9.91. The highest BCUT2D eigenvalue weighted by molar-refractivity contribution is 6.09. The van der Waals surface area contributed by atoms with E-state index in [1.807, 2.05) is 0 Å². The van der Waals surface area contributed by atoms with Gasteiger partial charge in [0.1, 0.15) is 5.76 Å². The van der Waals surface area contributed by atoms with Gasteiger partial charge in [0.05, 0.1) is 12.0 Å². The van der Waals surface area contributed by atoms with Crippen molar-refractivity contribution in [3.63, 3.8) is 0 Å². The van der Waals surface area contributed by atoms with E-state index < -0.39 is 17.4 Å². The zero-order valence-electron chi connectivity index (χ0n) is 12.9. The first-order valence-electron chi connectivity index (χ1n) is 8.03. The Morgan fingerprint density at radius 1 is 1.23 bits per heavy atom. The molecule has 1 aromatic rings. The number of hydrogen-bond acceptors (Lipinski definition) is 4. The molecule has 118 valence electrons. The summed E-state index contributed by atoms with van der Waals surface area (Å²) in [6.45, 7) is 2.21. The van der Waals surface area contributed by atoms with Gasteiger partial charge in [0.25, 0.3) is 5.91 Å². The molecule has 1 aliphatic carbocycles. The van der Waals surface area contributed by atoms with Crippen molar-refractivity contribution < 1.29 is 14.0 Å². The van der Waals surface area contributed by atoms with Gasteiger partial charge in [-0.25, -0.2) is 4.79 Å². The Labute approximate surface area is 129 Å². The van der Waals surface area contributed by atoms with Crippen LogP contribution in [0, 0.1) is 5.41 Å². The highest BCUT2D eigenvalue weighted by Crippen LogP contribution is 2.53. The molecule has 2 aliphatic rings. The maximum absolute atomic E-state index is 12.0. The fourth-order valence-electron chi connectivity index (χ4n) is 3.55. The van der Waals surface area contributed by atoms with Gasteiger partial charge in [-0.3, -0.25) is 14.9 Å². The molecule has 5 heteroatoms. The molecule has 1 fully saturated rings. The van der Waals surface area contributed by atoms with Crippen LogP contribution < -0.4 is 10.9 Å². The van der Waals surface area contributed by atoms with E-state index in [-0.39, 0.29) is 12.2 Å². The van der Waals surface area contributed by atoms with E-state index in [1.54, 1.807) is 0 Å². The van der Waals surface area contributed by atoms with E-state index in [0.717, 1.165) is 12.8 Å². The number of carbonyl (C=O) groups is 2. The number of nitrogens with one attached hydrogen (secondary N) is 1. The third-order valence-electron chi connectivity index (χ3n) is 4.81. The highest BCUT2D eigenvalue weighted by atomic mass is 16.4. The van der Waals surface area contributed by atoms with E-state index in [9.17, 15) is 14.4 Å². The van der Waals surface area contributed by atoms with E-state index >= 15 is 0 Å². The van der Waals surface area contributed by atoms with Crippen molar-refractivity contribution in [3.05, 3.63) is 33.4 Å². The van der Waals surface area contributed by atoms with Gasteiger partial charge >= 0.3 is 5.63 Å². The summed E-state index contributed by atoms with van der Waals surface area (Å²) in [6.07, 6.45) is 7.79. The maximum atomic E-state index is 12.0. The van der Waals surface area contributed by atoms with Crippen molar-refractivity contribution >= 4 is 11.8 Å². The van der Waals surface area contributed by atoms with Gasteiger partial charge in [-0.15, -0.1) is 0 Å². The predicted octanol–water partition coefficient (Wildman–Crippen LogP) is 2.36. The number of hydrogen-bond donors (Lipinski definition) is 1. The zero-order chi connectivity index (χ0) is 15.7. The molecule has 1 saturated carbocycles. The summed E-state index contributed by atoms with van der Waals surface area (Å²) in [4.78, 5) is 35.0. The van der Waals surface area contributed by atoms with Crippen LogP contribution >= 0.6 is 0 Å². The maximum Gasteiger partial charge on any atom is 0.336 e. The van der Waals surface area contributed by atoms with E-state index in [4.69, 9.17) is 4.42 Å². The molecule has 0 saturated heterocycles. The van der Waals surface area contributed by atoms with Crippen LogP contribution in [0.4, 0.5) is 0 Å². The van der Waals surface area contributed by atoms with E-state index in [1.165, 1.54) is 31.7 Å². The molecular weight excluding hydrogens is 282 g/mol. The summed E-state index contributed by atoms with van der Waals surface area (Å²) in [6, 6.07) is 1.40. The van der Waals surface area contributed by atoms with Crippen LogP contribution in [0.15, 0.2) is 15.3 Å². The Balaban J connectivity index is 1.75. The van der Waals surface area contributed by atoms with Gasteiger partial charge in [0.2, 0.25) is 5.91 Å². The molecule has 0 aromatic carbocycles. The third-order valence-corrected chi connectivity index (χ3v) is 4.81. The Kier molecular flexibility index (Phi) is 3.89. The van der Waals surface area contributed by atoms with Crippen molar-refractivity contribution in [3.8, 4) is 0 Å². The number of fused-ring (bicyclic) bond motifs is 1. The summed E-state index contributed by atoms with van der Waals surface area (Å²) >= 11 is 0. The summed E-state index contributed by atoms with van der Waals surface area (Å²) in [5.74, 6) is -0.650. The molecule has 3 rings (SSSR count). The molecule has 2 heterocycles. The topological polar surface area (TPSA) is 76.4 Å². The van der Waals surface area contributed by atoms with Gasteiger partial charge in [-0.2, -0.15) is 0 Å². The quantitative estimate of drug-likeness (QED) is 0.818. The van der Waals surface area contributed by atoms with Crippen LogP contribution in [0.5, 0.6) is 0 Å². The molecule has 1 N–H and O–H groups in total. The largest absolute Gasteiger partial charge is 0.426 e. The molecule has 0 unspecified atom stereocenters. The highest BCUT2D eigenvalue weighted by Gasteiger charge is 2.40. The SMILES string of the molecule is CCCC1(CCCc2cc(=O)oc3c2C(=O)NC(=O)C3)CC1. The van der Waals surface area contributed by atoms with Crippen LogP contribution in [0.1, 0.15) is 67.1 Å². The lowest BCUT2D eigenvalue weighted by Crippen LogP contribution is -2.38. The number of imide groups is 1. The Hall–Kier alpha value is -1.91. The first-order valence-corrected chi connectivity index (χ1v) is 8.03. The fraction of sp³-hybridized carbons (Fsp3) is 0.588. The molecule has 0 bridgehead atoms. The third kappa shape index (κ3) is 2.98. The summed E-state index contributed by atoms with van der Waals surface area (Å²) < 4.78 is 5.04. The molecule has 1 aromatic heterocycles. The minimum Gasteiger partial charge on any atom is -0.426 e. The van der Waals surface area contributed by atoms with Crippen LogP contribution in [0.25, 0.3) is 0 Å². The molecule has 2 amide bonds. The van der Waals surface area contributed by atoms with Gasteiger partial charge in [0.15, 0.2) is 0 Å².